The summed E-state index contributed by atoms with van der Waals surface area (Å²) in [5.41, 5.74) is 2.75. The quantitative estimate of drug-likeness (QED) is 0.571. The molecule has 12 heavy (non-hydrogen) atoms. The number of hydrogen-bond donors (Lipinski definition) is 2. The average molecular weight is 166 g/mol. The number of nitrogens with one attached hydrogen (secondary N) is 2. The van der Waals surface area contributed by atoms with E-state index in [0.717, 1.165) is 0 Å². The fraction of sp³-hybridized carbons (Fsp3) is 0.400. The van der Waals surface area contributed by atoms with E-state index in [1.54, 1.807) is 0 Å². The van der Waals surface area contributed by atoms with Gasteiger partial charge in [0.1, 0.15) is 0 Å². The van der Waals surface area contributed by atoms with Crippen molar-refractivity contribution in [2.24, 2.45) is 0 Å². The van der Waals surface area contributed by atoms with E-state index in [2.05, 4.69) is 52.5 Å². The summed E-state index contributed by atoms with van der Waals surface area (Å²) in [7, 11) is 8.62. The van der Waals surface area contributed by atoms with Gasteiger partial charge >= 0.3 is 0 Å². The van der Waals surface area contributed by atoms with Gasteiger partial charge in [-0.1, -0.05) is 12.1 Å². The van der Waals surface area contributed by atoms with Gasteiger partial charge in [0.05, 0.1) is 28.2 Å². The molecule has 2 heteroatoms. The summed E-state index contributed by atoms with van der Waals surface area (Å²) in [5.74, 6) is 0. The lowest BCUT2D eigenvalue weighted by molar-refractivity contribution is -0.816. The van der Waals surface area contributed by atoms with E-state index in [9.17, 15) is 0 Å². The molecular formula is C10H18N2+2. The molecule has 0 unspecified atom stereocenters. The van der Waals surface area contributed by atoms with Crippen LogP contribution < -0.4 is 9.80 Å². The smallest absolute Gasteiger partial charge is 0.192 e. The fourth-order valence-corrected chi connectivity index (χ4v) is 1.36. The van der Waals surface area contributed by atoms with Crippen molar-refractivity contribution in [3.8, 4) is 0 Å². The minimum atomic E-state index is 1.37. The van der Waals surface area contributed by atoms with Crippen LogP contribution in [0.1, 0.15) is 0 Å². The molecule has 0 heterocycles. The third kappa shape index (κ3) is 1.84. The van der Waals surface area contributed by atoms with Crippen molar-refractivity contribution in [3.63, 3.8) is 0 Å². The predicted octanol–water partition coefficient (Wildman–Crippen LogP) is -0.761. The Balaban J connectivity index is 3.09. The topological polar surface area (TPSA) is 8.88 Å². The van der Waals surface area contributed by atoms with Gasteiger partial charge in [0, 0.05) is 12.1 Å². The average Bonchev–Trinajstić information content (AvgIpc) is 2.04. The Kier molecular flexibility index (Phi) is 2.84. The maximum Gasteiger partial charge on any atom is 0.192 e. The second-order valence-electron chi connectivity index (χ2n) is 3.55. The van der Waals surface area contributed by atoms with Crippen LogP contribution in [0.2, 0.25) is 0 Å². The van der Waals surface area contributed by atoms with Crippen LogP contribution in [-0.2, 0) is 0 Å². The van der Waals surface area contributed by atoms with Crippen molar-refractivity contribution < 1.29 is 9.80 Å². The molecule has 2 nitrogen and oxygen atoms in total. The van der Waals surface area contributed by atoms with E-state index in [4.69, 9.17) is 0 Å². The zero-order valence-electron chi connectivity index (χ0n) is 8.31. The van der Waals surface area contributed by atoms with Crippen LogP contribution >= 0.6 is 0 Å². The summed E-state index contributed by atoms with van der Waals surface area (Å²) in [6.45, 7) is 0. The van der Waals surface area contributed by atoms with Crippen molar-refractivity contribution in [3.05, 3.63) is 24.3 Å². The number of hydrogen-bond acceptors (Lipinski definition) is 0. The van der Waals surface area contributed by atoms with Crippen LogP contribution in [0.25, 0.3) is 0 Å². The van der Waals surface area contributed by atoms with Gasteiger partial charge in [0.25, 0.3) is 0 Å². The van der Waals surface area contributed by atoms with Gasteiger partial charge in [-0.25, -0.2) is 0 Å². The lowest BCUT2D eigenvalue weighted by Crippen LogP contribution is -3.05. The highest BCUT2D eigenvalue weighted by atomic mass is 15.1. The minimum Gasteiger partial charge on any atom is -0.302 e. The highest BCUT2D eigenvalue weighted by molar-refractivity contribution is 5.50. The van der Waals surface area contributed by atoms with Crippen molar-refractivity contribution in [2.75, 3.05) is 28.2 Å². The van der Waals surface area contributed by atoms with Crippen molar-refractivity contribution in [1.29, 1.82) is 0 Å². The van der Waals surface area contributed by atoms with Crippen LogP contribution in [0.4, 0.5) is 11.4 Å². The zero-order valence-corrected chi connectivity index (χ0v) is 8.31. The van der Waals surface area contributed by atoms with Gasteiger partial charge in [0.2, 0.25) is 0 Å². The van der Waals surface area contributed by atoms with E-state index < -0.39 is 0 Å². The lowest BCUT2D eigenvalue weighted by atomic mass is 10.2. The molecule has 0 atom stereocenters. The third-order valence-electron chi connectivity index (χ3n) is 2.00. The van der Waals surface area contributed by atoms with Gasteiger partial charge < -0.3 is 9.80 Å². The summed E-state index contributed by atoms with van der Waals surface area (Å²) >= 11 is 0. The molecule has 0 amide bonds. The molecule has 0 fully saturated rings. The Morgan fingerprint density at radius 2 is 1.08 bits per heavy atom. The van der Waals surface area contributed by atoms with Gasteiger partial charge in [0.15, 0.2) is 11.4 Å². The first-order chi connectivity index (χ1) is 5.63. The molecule has 2 N–H and O–H groups in total. The lowest BCUT2D eigenvalue weighted by Gasteiger charge is -2.13. The Morgan fingerprint density at radius 3 is 1.33 bits per heavy atom. The molecule has 0 aliphatic rings. The number of quaternary nitrogens is 2. The van der Waals surface area contributed by atoms with Crippen LogP contribution in [0.3, 0.4) is 0 Å². The molecule has 0 aliphatic heterocycles. The number of para-hydroxylation sites is 2. The highest BCUT2D eigenvalue weighted by Crippen LogP contribution is 2.10. The summed E-state index contributed by atoms with van der Waals surface area (Å²) in [6.07, 6.45) is 0. The molecule has 0 aliphatic carbocycles. The van der Waals surface area contributed by atoms with E-state index in [-0.39, 0.29) is 0 Å². The molecule has 66 valence electrons. The second kappa shape index (κ2) is 3.70. The molecule has 0 saturated heterocycles. The first kappa shape index (κ1) is 9.23. The Labute approximate surface area is 74.4 Å². The number of rotatable bonds is 2. The molecule has 0 radical (unpaired) electrons. The molecular weight excluding hydrogens is 148 g/mol. The van der Waals surface area contributed by atoms with Gasteiger partial charge in [-0.3, -0.25) is 0 Å². The second-order valence-corrected chi connectivity index (χ2v) is 3.55. The van der Waals surface area contributed by atoms with Crippen molar-refractivity contribution in [1.82, 2.24) is 0 Å². The maximum absolute atomic E-state index is 2.18. The van der Waals surface area contributed by atoms with Gasteiger partial charge in [-0.2, -0.15) is 0 Å². The molecule has 1 aromatic rings. The van der Waals surface area contributed by atoms with Crippen LogP contribution in [0.15, 0.2) is 24.3 Å². The summed E-state index contributed by atoms with van der Waals surface area (Å²) < 4.78 is 0. The zero-order chi connectivity index (χ0) is 9.14. The standard InChI is InChI=1S/C10H16N2/c1-11(2)9-7-5-6-8-10(9)12(3)4/h5-8H,1-4H3/p+2. The van der Waals surface area contributed by atoms with Gasteiger partial charge in [-0.15, -0.1) is 0 Å². The Hall–Kier alpha value is -0.860. The Bertz CT molecular complexity index is 227. The first-order valence-electron chi connectivity index (χ1n) is 4.33. The van der Waals surface area contributed by atoms with Gasteiger partial charge in [-0.05, 0) is 0 Å². The normalized spacial score (nSPS) is 11.2. The third-order valence-corrected chi connectivity index (χ3v) is 2.00. The number of benzene rings is 1. The molecule has 0 saturated carbocycles. The maximum atomic E-state index is 2.18. The van der Waals surface area contributed by atoms with Crippen LogP contribution in [0.5, 0.6) is 0 Å². The summed E-state index contributed by atoms with van der Waals surface area (Å²) in [6, 6.07) is 8.54. The minimum absolute atomic E-state index is 1.37. The summed E-state index contributed by atoms with van der Waals surface area (Å²) in [4.78, 5) is 2.76. The SMILES string of the molecule is C[NH+](C)c1ccccc1[NH+](C)C. The van der Waals surface area contributed by atoms with E-state index in [0.29, 0.717) is 0 Å². The van der Waals surface area contributed by atoms with E-state index in [1.807, 2.05) is 0 Å². The van der Waals surface area contributed by atoms with Crippen LogP contribution in [-0.4, -0.2) is 28.2 Å². The molecule has 1 aromatic carbocycles. The summed E-state index contributed by atoms with van der Waals surface area (Å²) in [5, 5.41) is 0. The predicted molar refractivity (Wildman–Crippen MR) is 51.4 cm³/mol. The van der Waals surface area contributed by atoms with Crippen molar-refractivity contribution in [2.45, 2.75) is 0 Å². The first-order valence-corrected chi connectivity index (χ1v) is 4.33. The molecule has 0 aromatic heterocycles. The highest BCUT2D eigenvalue weighted by Gasteiger charge is 2.12. The van der Waals surface area contributed by atoms with E-state index in [1.165, 1.54) is 21.2 Å². The molecule has 0 spiro atoms. The molecule has 1 rings (SSSR count). The molecule has 0 bridgehead atoms. The Morgan fingerprint density at radius 1 is 0.750 bits per heavy atom. The monoisotopic (exact) mass is 166 g/mol. The largest absolute Gasteiger partial charge is 0.302 e. The van der Waals surface area contributed by atoms with E-state index >= 15 is 0 Å². The fourth-order valence-electron chi connectivity index (χ4n) is 1.36. The van der Waals surface area contributed by atoms with Crippen molar-refractivity contribution >= 4 is 11.4 Å². The van der Waals surface area contributed by atoms with Crippen LogP contribution in [0, 0.1) is 0 Å².